The second-order valence-electron chi connectivity index (χ2n) is 5.50. The molecule has 3 nitrogen and oxygen atoms in total. The van der Waals surface area contributed by atoms with E-state index in [1.165, 1.54) is 16.0 Å². The molecular formula is C18H17N2OS. The molecule has 1 fully saturated rings. The Kier molecular flexibility index (Phi) is 3.89. The number of thiophene rings is 1. The summed E-state index contributed by atoms with van der Waals surface area (Å²) >= 11 is 1.75. The van der Waals surface area contributed by atoms with Crippen molar-refractivity contribution in [3.8, 4) is 10.4 Å². The van der Waals surface area contributed by atoms with Gasteiger partial charge in [0.1, 0.15) is 0 Å². The van der Waals surface area contributed by atoms with Crippen molar-refractivity contribution in [3.63, 3.8) is 0 Å². The summed E-state index contributed by atoms with van der Waals surface area (Å²) in [6.45, 7) is 4.72. The van der Waals surface area contributed by atoms with Crippen molar-refractivity contribution in [2.45, 2.75) is 6.54 Å². The maximum absolute atomic E-state index is 5.41. The topological polar surface area (TPSA) is 25.4 Å². The van der Waals surface area contributed by atoms with Gasteiger partial charge in [0.25, 0.3) is 0 Å². The number of pyridine rings is 1. The lowest BCUT2D eigenvalue weighted by molar-refractivity contribution is 0.0342. The Bertz CT molecular complexity index is 744. The minimum absolute atomic E-state index is 0.845. The van der Waals surface area contributed by atoms with Gasteiger partial charge >= 0.3 is 0 Å². The highest BCUT2D eigenvalue weighted by atomic mass is 32.1. The molecule has 0 atom stereocenters. The fraction of sp³-hybridized carbons (Fsp3) is 0.278. The van der Waals surface area contributed by atoms with Gasteiger partial charge in [0.15, 0.2) is 0 Å². The summed E-state index contributed by atoms with van der Waals surface area (Å²) in [5.74, 6) is 0. The molecule has 1 aromatic carbocycles. The number of nitrogens with zero attached hydrogens (tertiary/aromatic N) is 2. The quantitative estimate of drug-likeness (QED) is 0.739. The van der Waals surface area contributed by atoms with Crippen molar-refractivity contribution in [2.75, 3.05) is 26.3 Å². The van der Waals surface area contributed by atoms with Crippen LogP contribution in [0.3, 0.4) is 0 Å². The molecule has 1 aliphatic heterocycles. The molecule has 111 valence electrons. The van der Waals surface area contributed by atoms with Gasteiger partial charge in [-0.25, -0.2) is 0 Å². The van der Waals surface area contributed by atoms with E-state index in [0.29, 0.717) is 0 Å². The first-order valence-corrected chi connectivity index (χ1v) is 8.36. The van der Waals surface area contributed by atoms with E-state index in [0.717, 1.165) is 43.1 Å². The van der Waals surface area contributed by atoms with Crippen LogP contribution in [0.15, 0.2) is 42.6 Å². The standard InChI is InChI=1S/C18H17N2OS/c1-3-14(13-20-7-9-21-10-8-20)11-15(4-1)18-12-16-17(22-18)5-2-6-19-16/h1-4,6,11-12H,7-10,13H2. The minimum atomic E-state index is 0.845. The molecule has 1 aliphatic rings. The van der Waals surface area contributed by atoms with E-state index >= 15 is 0 Å². The molecule has 0 bridgehead atoms. The summed E-state index contributed by atoms with van der Waals surface area (Å²) in [6, 6.07) is 16.1. The fourth-order valence-corrected chi connectivity index (χ4v) is 3.77. The second-order valence-corrected chi connectivity index (χ2v) is 6.56. The second kappa shape index (κ2) is 6.16. The molecule has 0 spiro atoms. The third kappa shape index (κ3) is 2.90. The number of morpholine rings is 1. The van der Waals surface area contributed by atoms with E-state index in [-0.39, 0.29) is 0 Å². The van der Waals surface area contributed by atoms with E-state index in [1.807, 2.05) is 6.07 Å². The number of ether oxygens (including phenoxy) is 1. The van der Waals surface area contributed by atoms with Crippen LogP contribution in [0.4, 0.5) is 0 Å². The van der Waals surface area contributed by atoms with Gasteiger partial charge in [-0.05, 0) is 29.3 Å². The van der Waals surface area contributed by atoms with Crippen molar-refractivity contribution < 1.29 is 4.74 Å². The Morgan fingerprint density at radius 2 is 2.14 bits per heavy atom. The molecule has 4 heteroatoms. The van der Waals surface area contributed by atoms with Crippen molar-refractivity contribution in [1.29, 1.82) is 0 Å². The molecule has 0 amide bonds. The normalized spacial score (nSPS) is 16.2. The molecule has 0 aliphatic carbocycles. The SMILES string of the molecule is [c]1ccnc2cc(-c3cccc(CN4CCOCC4)c3)sc12. The average molecular weight is 309 g/mol. The lowest BCUT2D eigenvalue weighted by atomic mass is 10.1. The monoisotopic (exact) mass is 309 g/mol. The van der Waals surface area contributed by atoms with Gasteiger partial charge in [-0.3, -0.25) is 9.88 Å². The van der Waals surface area contributed by atoms with Crippen LogP contribution in [0, 0.1) is 6.07 Å². The summed E-state index contributed by atoms with van der Waals surface area (Å²) in [6.07, 6.45) is 1.80. The van der Waals surface area contributed by atoms with Crippen LogP contribution in [-0.4, -0.2) is 36.2 Å². The lowest BCUT2D eigenvalue weighted by Gasteiger charge is -2.26. The zero-order valence-electron chi connectivity index (χ0n) is 12.3. The molecule has 0 unspecified atom stereocenters. The number of hydrogen-bond donors (Lipinski definition) is 0. The summed E-state index contributed by atoms with van der Waals surface area (Å²) in [5.41, 5.74) is 3.65. The van der Waals surface area contributed by atoms with E-state index in [2.05, 4.69) is 46.3 Å². The third-order valence-electron chi connectivity index (χ3n) is 3.94. The van der Waals surface area contributed by atoms with Crippen LogP contribution >= 0.6 is 11.3 Å². The Morgan fingerprint density at radius 3 is 3.00 bits per heavy atom. The maximum Gasteiger partial charge on any atom is 0.0822 e. The van der Waals surface area contributed by atoms with Crippen LogP contribution < -0.4 is 0 Å². The first-order chi connectivity index (χ1) is 10.9. The van der Waals surface area contributed by atoms with E-state index in [1.54, 1.807) is 17.5 Å². The van der Waals surface area contributed by atoms with Gasteiger partial charge in [0.2, 0.25) is 0 Å². The molecule has 0 N–H and O–H groups in total. The van der Waals surface area contributed by atoms with Gasteiger partial charge < -0.3 is 4.74 Å². The van der Waals surface area contributed by atoms with Crippen molar-refractivity contribution in [3.05, 3.63) is 54.2 Å². The number of fused-ring (bicyclic) bond motifs is 1. The Hall–Kier alpha value is -1.75. The Morgan fingerprint density at radius 1 is 1.23 bits per heavy atom. The maximum atomic E-state index is 5.41. The first kappa shape index (κ1) is 13.9. The number of rotatable bonds is 3. The van der Waals surface area contributed by atoms with E-state index in [4.69, 9.17) is 4.74 Å². The zero-order chi connectivity index (χ0) is 14.8. The predicted octanol–water partition coefficient (Wildman–Crippen LogP) is 3.60. The number of benzene rings is 1. The summed E-state index contributed by atoms with van der Waals surface area (Å²) < 4.78 is 6.54. The van der Waals surface area contributed by atoms with Crippen LogP contribution in [0.2, 0.25) is 0 Å². The summed E-state index contributed by atoms with van der Waals surface area (Å²) in [5, 5.41) is 0. The average Bonchev–Trinajstić information content (AvgIpc) is 3.00. The van der Waals surface area contributed by atoms with Gasteiger partial charge in [-0.15, -0.1) is 11.3 Å². The molecule has 4 rings (SSSR count). The van der Waals surface area contributed by atoms with Gasteiger partial charge in [-0.2, -0.15) is 0 Å². The van der Waals surface area contributed by atoms with Gasteiger partial charge in [0, 0.05) is 36.8 Å². The molecule has 0 saturated carbocycles. The largest absolute Gasteiger partial charge is 0.379 e. The van der Waals surface area contributed by atoms with E-state index in [9.17, 15) is 0 Å². The first-order valence-electron chi connectivity index (χ1n) is 7.54. The zero-order valence-corrected chi connectivity index (χ0v) is 13.1. The highest BCUT2D eigenvalue weighted by Crippen LogP contribution is 2.32. The highest BCUT2D eigenvalue weighted by Gasteiger charge is 2.11. The molecule has 2 aromatic heterocycles. The molecular weight excluding hydrogens is 292 g/mol. The van der Waals surface area contributed by atoms with Crippen LogP contribution in [-0.2, 0) is 11.3 Å². The van der Waals surface area contributed by atoms with Crippen LogP contribution in [0.1, 0.15) is 5.56 Å². The highest BCUT2D eigenvalue weighted by molar-refractivity contribution is 7.22. The van der Waals surface area contributed by atoms with Crippen LogP contribution in [0.5, 0.6) is 0 Å². The fourth-order valence-electron chi connectivity index (χ4n) is 2.79. The van der Waals surface area contributed by atoms with Crippen LogP contribution in [0.25, 0.3) is 20.7 Å². The van der Waals surface area contributed by atoms with Crippen molar-refractivity contribution in [2.24, 2.45) is 0 Å². The molecule has 3 heterocycles. The number of aromatic nitrogens is 1. The molecule has 1 saturated heterocycles. The lowest BCUT2D eigenvalue weighted by Crippen LogP contribution is -2.35. The minimum Gasteiger partial charge on any atom is -0.379 e. The molecule has 1 radical (unpaired) electrons. The Balaban J connectivity index is 1.60. The van der Waals surface area contributed by atoms with Crippen molar-refractivity contribution >= 4 is 21.6 Å². The smallest absolute Gasteiger partial charge is 0.0822 e. The predicted molar refractivity (Wildman–Crippen MR) is 90.0 cm³/mol. The summed E-state index contributed by atoms with van der Waals surface area (Å²) in [4.78, 5) is 8.11. The molecule has 22 heavy (non-hydrogen) atoms. The van der Waals surface area contributed by atoms with Gasteiger partial charge in [-0.1, -0.05) is 18.2 Å². The summed E-state index contributed by atoms with van der Waals surface area (Å²) in [7, 11) is 0. The number of hydrogen-bond acceptors (Lipinski definition) is 4. The molecule has 3 aromatic rings. The van der Waals surface area contributed by atoms with Gasteiger partial charge in [0.05, 0.1) is 23.4 Å². The Labute approximate surface area is 134 Å². The van der Waals surface area contributed by atoms with E-state index < -0.39 is 0 Å². The third-order valence-corrected chi connectivity index (χ3v) is 5.04. The van der Waals surface area contributed by atoms with Crippen molar-refractivity contribution in [1.82, 2.24) is 9.88 Å².